The number of unbranched alkanes of at least 4 members (excludes halogenated alkanes) is 1. The number of nitrogens with zero attached hydrogens (tertiary/aromatic N) is 3. The van der Waals surface area contributed by atoms with Gasteiger partial charge in [0.1, 0.15) is 0 Å². The predicted octanol–water partition coefficient (Wildman–Crippen LogP) is 5.12. The first-order valence-corrected chi connectivity index (χ1v) is 10.3. The monoisotopic (exact) mass is 402 g/mol. The van der Waals surface area contributed by atoms with E-state index in [4.69, 9.17) is 11.6 Å². The SMILES string of the molecule is CCCCc1c(C)nn(-c2nc(CC(=O)Nc3cccc(Cl)c3)cs2)c1C. The van der Waals surface area contributed by atoms with Gasteiger partial charge in [-0.2, -0.15) is 5.10 Å². The van der Waals surface area contributed by atoms with Crippen molar-refractivity contribution in [2.45, 2.75) is 46.5 Å². The number of amides is 1. The first-order valence-electron chi connectivity index (χ1n) is 9.03. The number of halogens is 1. The molecule has 27 heavy (non-hydrogen) atoms. The number of thiazole rings is 1. The van der Waals surface area contributed by atoms with Gasteiger partial charge in [-0.05, 0) is 50.5 Å². The number of carbonyl (C=O) groups is 1. The minimum atomic E-state index is -0.119. The molecule has 0 atom stereocenters. The topological polar surface area (TPSA) is 59.8 Å². The van der Waals surface area contributed by atoms with E-state index in [9.17, 15) is 4.79 Å². The molecule has 0 saturated carbocycles. The molecule has 0 aliphatic carbocycles. The number of aryl methyl sites for hydroxylation is 1. The summed E-state index contributed by atoms with van der Waals surface area (Å²) >= 11 is 7.45. The Kier molecular flexibility index (Phi) is 6.29. The summed E-state index contributed by atoms with van der Waals surface area (Å²) in [4.78, 5) is 16.9. The molecule has 2 aromatic heterocycles. The van der Waals surface area contributed by atoms with Gasteiger partial charge in [0.2, 0.25) is 11.0 Å². The zero-order chi connectivity index (χ0) is 19.4. The molecule has 0 unspecified atom stereocenters. The van der Waals surface area contributed by atoms with Gasteiger partial charge in [0.15, 0.2) is 0 Å². The van der Waals surface area contributed by atoms with Crippen molar-refractivity contribution in [1.82, 2.24) is 14.8 Å². The zero-order valence-corrected chi connectivity index (χ0v) is 17.3. The minimum Gasteiger partial charge on any atom is -0.326 e. The Morgan fingerprint density at radius 1 is 1.33 bits per heavy atom. The third-order valence-corrected chi connectivity index (χ3v) is 5.49. The molecule has 3 aromatic rings. The van der Waals surface area contributed by atoms with E-state index in [0.29, 0.717) is 10.7 Å². The third-order valence-electron chi connectivity index (χ3n) is 4.39. The molecule has 1 aromatic carbocycles. The van der Waals surface area contributed by atoms with E-state index in [0.717, 1.165) is 41.5 Å². The number of hydrogen-bond donors (Lipinski definition) is 1. The van der Waals surface area contributed by atoms with Gasteiger partial charge in [-0.25, -0.2) is 9.67 Å². The lowest BCUT2D eigenvalue weighted by Gasteiger charge is -2.04. The first kappa shape index (κ1) is 19.6. The number of nitrogens with one attached hydrogen (secondary N) is 1. The van der Waals surface area contributed by atoms with Crippen LogP contribution < -0.4 is 5.32 Å². The lowest BCUT2D eigenvalue weighted by Crippen LogP contribution is -2.14. The van der Waals surface area contributed by atoms with Crippen molar-refractivity contribution in [1.29, 1.82) is 0 Å². The molecule has 0 aliphatic rings. The summed E-state index contributed by atoms with van der Waals surface area (Å²) in [6, 6.07) is 7.11. The second-order valence-electron chi connectivity index (χ2n) is 6.52. The molecule has 1 N–H and O–H groups in total. The molecule has 0 bridgehead atoms. The molecule has 2 heterocycles. The van der Waals surface area contributed by atoms with Gasteiger partial charge in [-0.1, -0.05) is 31.0 Å². The average Bonchev–Trinajstić information content (AvgIpc) is 3.18. The molecular formula is C20H23ClN4OS. The summed E-state index contributed by atoms with van der Waals surface area (Å²) in [6.07, 6.45) is 3.56. The largest absolute Gasteiger partial charge is 0.326 e. The van der Waals surface area contributed by atoms with Crippen LogP contribution in [0.15, 0.2) is 29.6 Å². The quantitative estimate of drug-likeness (QED) is 0.596. The second kappa shape index (κ2) is 8.67. The van der Waals surface area contributed by atoms with E-state index in [1.165, 1.54) is 16.9 Å². The molecule has 0 aliphatic heterocycles. The van der Waals surface area contributed by atoms with Crippen LogP contribution in [0.1, 0.15) is 42.4 Å². The molecule has 142 valence electrons. The van der Waals surface area contributed by atoms with Crippen molar-refractivity contribution in [3.05, 3.63) is 57.3 Å². The maximum atomic E-state index is 12.3. The summed E-state index contributed by atoms with van der Waals surface area (Å²) in [5.74, 6) is -0.119. The maximum absolute atomic E-state index is 12.3. The Bertz CT molecular complexity index is 947. The van der Waals surface area contributed by atoms with Gasteiger partial charge < -0.3 is 5.32 Å². The molecule has 0 saturated heterocycles. The fourth-order valence-electron chi connectivity index (χ4n) is 2.99. The van der Waals surface area contributed by atoms with Crippen LogP contribution in [0.4, 0.5) is 5.69 Å². The van der Waals surface area contributed by atoms with Crippen LogP contribution in [0.25, 0.3) is 5.13 Å². The van der Waals surface area contributed by atoms with Crippen LogP contribution in [0.3, 0.4) is 0 Å². The van der Waals surface area contributed by atoms with Gasteiger partial charge in [-0.3, -0.25) is 4.79 Å². The number of rotatable bonds is 7. The van der Waals surface area contributed by atoms with E-state index in [1.807, 2.05) is 23.1 Å². The van der Waals surface area contributed by atoms with Crippen LogP contribution in [0.5, 0.6) is 0 Å². The highest BCUT2D eigenvalue weighted by molar-refractivity contribution is 7.12. The van der Waals surface area contributed by atoms with E-state index in [2.05, 4.69) is 29.2 Å². The van der Waals surface area contributed by atoms with Crippen molar-refractivity contribution in [2.24, 2.45) is 0 Å². The highest BCUT2D eigenvalue weighted by atomic mass is 35.5. The molecule has 5 nitrogen and oxygen atoms in total. The van der Waals surface area contributed by atoms with Gasteiger partial charge in [0.25, 0.3) is 0 Å². The predicted molar refractivity (Wildman–Crippen MR) is 111 cm³/mol. The van der Waals surface area contributed by atoms with Crippen molar-refractivity contribution in [3.63, 3.8) is 0 Å². The minimum absolute atomic E-state index is 0.119. The van der Waals surface area contributed by atoms with Gasteiger partial charge in [0.05, 0.1) is 17.8 Å². The van der Waals surface area contributed by atoms with Gasteiger partial charge >= 0.3 is 0 Å². The number of hydrogen-bond acceptors (Lipinski definition) is 4. The Morgan fingerprint density at radius 3 is 2.89 bits per heavy atom. The fourth-order valence-corrected chi connectivity index (χ4v) is 4.00. The second-order valence-corrected chi connectivity index (χ2v) is 7.79. The smallest absolute Gasteiger partial charge is 0.230 e. The number of anilines is 1. The highest BCUT2D eigenvalue weighted by Gasteiger charge is 2.16. The van der Waals surface area contributed by atoms with Crippen molar-refractivity contribution >= 4 is 34.5 Å². The van der Waals surface area contributed by atoms with Crippen molar-refractivity contribution in [3.8, 4) is 5.13 Å². The standard InChI is InChI=1S/C20H23ClN4OS/c1-4-5-9-18-13(2)24-25(14(18)3)20-23-17(12-27-20)11-19(26)22-16-8-6-7-15(21)10-16/h6-8,10,12H,4-5,9,11H2,1-3H3,(H,22,26). The fraction of sp³-hybridized carbons (Fsp3) is 0.350. The Hall–Kier alpha value is -2.18. The maximum Gasteiger partial charge on any atom is 0.230 e. The molecule has 3 rings (SSSR count). The van der Waals surface area contributed by atoms with E-state index in [-0.39, 0.29) is 12.3 Å². The van der Waals surface area contributed by atoms with Gasteiger partial charge in [0, 0.05) is 21.8 Å². The van der Waals surface area contributed by atoms with Crippen LogP contribution in [0, 0.1) is 13.8 Å². The van der Waals surface area contributed by atoms with E-state index in [1.54, 1.807) is 18.2 Å². The Morgan fingerprint density at radius 2 is 2.15 bits per heavy atom. The zero-order valence-electron chi connectivity index (χ0n) is 15.8. The molecule has 1 amide bonds. The van der Waals surface area contributed by atoms with Crippen molar-refractivity contribution < 1.29 is 4.79 Å². The summed E-state index contributed by atoms with van der Waals surface area (Å²) < 4.78 is 1.89. The first-order chi connectivity index (χ1) is 13.0. The van der Waals surface area contributed by atoms with Crippen LogP contribution >= 0.6 is 22.9 Å². The Balaban J connectivity index is 1.70. The number of aromatic nitrogens is 3. The molecule has 0 radical (unpaired) electrons. The summed E-state index contributed by atoms with van der Waals surface area (Å²) in [5.41, 5.74) is 4.90. The van der Waals surface area contributed by atoms with E-state index < -0.39 is 0 Å². The van der Waals surface area contributed by atoms with E-state index >= 15 is 0 Å². The lowest BCUT2D eigenvalue weighted by atomic mass is 10.1. The Labute approximate surface area is 168 Å². The number of benzene rings is 1. The lowest BCUT2D eigenvalue weighted by molar-refractivity contribution is -0.115. The summed E-state index contributed by atoms with van der Waals surface area (Å²) in [7, 11) is 0. The van der Waals surface area contributed by atoms with Gasteiger partial charge in [-0.15, -0.1) is 11.3 Å². The summed E-state index contributed by atoms with van der Waals surface area (Å²) in [6.45, 7) is 6.32. The van der Waals surface area contributed by atoms with Crippen LogP contribution in [-0.2, 0) is 17.6 Å². The number of carbonyl (C=O) groups excluding carboxylic acids is 1. The summed E-state index contributed by atoms with van der Waals surface area (Å²) in [5, 5.41) is 10.8. The van der Waals surface area contributed by atoms with Crippen LogP contribution in [0.2, 0.25) is 5.02 Å². The molecule has 0 spiro atoms. The van der Waals surface area contributed by atoms with Crippen LogP contribution in [-0.4, -0.2) is 20.7 Å². The molecule has 7 heteroatoms. The molecular weight excluding hydrogens is 380 g/mol. The average molecular weight is 403 g/mol. The third kappa shape index (κ3) is 4.76. The molecule has 0 fully saturated rings. The normalized spacial score (nSPS) is 11.0. The van der Waals surface area contributed by atoms with Crippen molar-refractivity contribution in [2.75, 3.05) is 5.32 Å². The highest BCUT2D eigenvalue weighted by Crippen LogP contribution is 2.23.